The van der Waals surface area contributed by atoms with Crippen molar-refractivity contribution in [1.82, 2.24) is 4.98 Å². The summed E-state index contributed by atoms with van der Waals surface area (Å²) in [7, 11) is 0. The second kappa shape index (κ2) is 9.09. The number of ether oxygens (including phenoxy) is 2. The Morgan fingerprint density at radius 1 is 1.21 bits per heavy atom. The predicted molar refractivity (Wildman–Crippen MR) is 102 cm³/mol. The van der Waals surface area contributed by atoms with E-state index in [1.54, 1.807) is 30.5 Å². The molecular formula is C21H20F2N3O3+. The summed E-state index contributed by atoms with van der Waals surface area (Å²) in [5, 5.41) is 0. The normalized spacial score (nSPS) is 10.8. The van der Waals surface area contributed by atoms with E-state index in [0.717, 1.165) is 11.3 Å². The average Bonchev–Trinajstić information content (AvgIpc) is 2.69. The molecule has 150 valence electrons. The minimum Gasteiger partial charge on any atom is -0.487 e. The molecule has 0 spiro atoms. The highest BCUT2D eigenvalue weighted by atomic mass is 19.3. The number of halogens is 2. The highest BCUT2D eigenvalue weighted by molar-refractivity contribution is 5.90. The van der Waals surface area contributed by atoms with Crippen LogP contribution in [0.1, 0.15) is 28.7 Å². The molecule has 0 radical (unpaired) electrons. The molecule has 3 N–H and O–H groups in total. The molecule has 0 saturated carbocycles. The molecule has 0 bridgehead atoms. The van der Waals surface area contributed by atoms with Gasteiger partial charge in [0.1, 0.15) is 11.4 Å². The fourth-order valence-corrected chi connectivity index (χ4v) is 2.84. The monoisotopic (exact) mass is 400 g/mol. The Morgan fingerprint density at radius 2 is 2.03 bits per heavy atom. The minimum atomic E-state index is -2.90. The Morgan fingerprint density at radius 3 is 2.69 bits per heavy atom. The Balaban J connectivity index is 1.92. The van der Waals surface area contributed by atoms with Crippen molar-refractivity contribution in [2.45, 2.75) is 20.0 Å². The Hall–Kier alpha value is -3.55. The Labute approximate surface area is 166 Å². The lowest BCUT2D eigenvalue weighted by atomic mass is 10.1. The molecule has 0 atom stereocenters. The lowest BCUT2D eigenvalue weighted by Gasteiger charge is -2.09. The van der Waals surface area contributed by atoms with Crippen LogP contribution in [0.4, 0.5) is 8.78 Å². The van der Waals surface area contributed by atoms with Crippen molar-refractivity contribution in [2.24, 2.45) is 5.73 Å². The molecule has 3 aromatic rings. The van der Waals surface area contributed by atoms with Crippen molar-refractivity contribution in [2.75, 3.05) is 6.61 Å². The SMILES string of the molecule is CCOc1ccc(Cc2ccc(C(N)=O)nc2)[nH+]c1-c1cccc(OC(F)F)c1. The molecule has 3 rings (SSSR count). The summed E-state index contributed by atoms with van der Waals surface area (Å²) in [6.07, 6.45) is 2.10. The van der Waals surface area contributed by atoms with Crippen LogP contribution in [0.2, 0.25) is 0 Å². The second-order valence-electron chi connectivity index (χ2n) is 6.15. The Kier molecular flexibility index (Phi) is 6.33. The maximum absolute atomic E-state index is 12.5. The highest BCUT2D eigenvalue weighted by Gasteiger charge is 2.18. The summed E-state index contributed by atoms with van der Waals surface area (Å²) in [4.78, 5) is 18.5. The number of hydrogen-bond donors (Lipinski definition) is 1. The van der Waals surface area contributed by atoms with Gasteiger partial charge in [-0.25, -0.2) is 4.98 Å². The summed E-state index contributed by atoms with van der Waals surface area (Å²) in [6, 6.07) is 13.4. The van der Waals surface area contributed by atoms with E-state index in [1.165, 1.54) is 12.1 Å². The zero-order valence-electron chi connectivity index (χ0n) is 15.7. The Bertz CT molecular complexity index is 995. The topological polar surface area (TPSA) is 88.6 Å². The van der Waals surface area contributed by atoms with E-state index in [1.807, 2.05) is 19.1 Å². The third-order valence-electron chi connectivity index (χ3n) is 4.09. The number of amides is 1. The fourth-order valence-electron chi connectivity index (χ4n) is 2.84. The average molecular weight is 400 g/mol. The first-order valence-corrected chi connectivity index (χ1v) is 8.94. The molecule has 0 aliphatic carbocycles. The van der Waals surface area contributed by atoms with Crippen molar-refractivity contribution < 1.29 is 28.0 Å². The van der Waals surface area contributed by atoms with E-state index in [0.29, 0.717) is 30.0 Å². The second-order valence-corrected chi connectivity index (χ2v) is 6.15. The number of H-pyrrole nitrogens is 1. The van der Waals surface area contributed by atoms with Gasteiger partial charge in [0.2, 0.25) is 0 Å². The molecule has 0 fully saturated rings. The molecule has 29 heavy (non-hydrogen) atoms. The third-order valence-corrected chi connectivity index (χ3v) is 4.09. The summed E-state index contributed by atoms with van der Waals surface area (Å²) < 4.78 is 35.3. The quantitative estimate of drug-likeness (QED) is 0.629. The number of benzene rings is 1. The van der Waals surface area contributed by atoms with Gasteiger partial charge in [-0.05, 0) is 42.8 Å². The van der Waals surface area contributed by atoms with Crippen LogP contribution in [0, 0.1) is 0 Å². The number of aromatic amines is 1. The van der Waals surface area contributed by atoms with Gasteiger partial charge >= 0.3 is 6.61 Å². The van der Waals surface area contributed by atoms with Gasteiger partial charge < -0.3 is 15.2 Å². The molecule has 8 heteroatoms. The number of carbonyl (C=O) groups excluding carboxylic acids is 1. The van der Waals surface area contributed by atoms with Crippen molar-refractivity contribution in [3.63, 3.8) is 0 Å². The van der Waals surface area contributed by atoms with Gasteiger partial charge in [0.25, 0.3) is 11.6 Å². The first kappa shape index (κ1) is 20.2. The van der Waals surface area contributed by atoms with E-state index < -0.39 is 12.5 Å². The summed E-state index contributed by atoms with van der Waals surface area (Å²) in [6.45, 7) is -0.589. The van der Waals surface area contributed by atoms with E-state index >= 15 is 0 Å². The molecule has 1 aromatic carbocycles. The predicted octanol–water partition coefficient (Wildman–Crippen LogP) is 3.25. The number of aromatic nitrogens is 2. The van der Waals surface area contributed by atoms with Gasteiger partial charge in [-0.1, -0.05) is 12.1 Å². The summed E-state index contributed by atoms with van der Waals surface area (Å²) in [5.41, 5.74) is 8.41. The zero-order chi connectivity index (χ0) is 20.8. The first-order chi connectivity index (χ1) is 14.0. The van der Waals surface area contributed by atoms with E-state index in [2.05, 4.69) is 14.7 Å². The van der Waals surface area contributed by atoms with Crippen LogP contribution >= 0.6 is 0 Å². The van der Waals surface area contributed by atoms with Crippen LogP contribution in [0.15, 0.2) is 54.7 Å². The molecule has 2 heterocycles. The van der Waals surface area contributed by atoms with Crippen molar-refractivity contribution in [3.05, 3.63) is 71.7 Å². The maximum Gasteiger partial charge on any atom is 0.387 e. The van der Waals surface area contributed by atoms with Gasteiger partial charge in [0.05, 0.1) is 18.6 Å². The molecule has 0 aliphatic heterocycles. The van der Waals surface area contributed by atoms with Crippen molar-refractivity contribution in [1.29, 1.82) is 0 Å². The number of nitrogens with one attached hydrogen (secondary N) is 1. The number of nitrogens with two attached hydrogens (primary N) is 1. The number of pyridine rings is 2. The molecule has 2 aromatic heterocycles. The van der Waals surface area contributed by atoms with E-state index in [9.17, 15) is 13.6 Å². The third kappa shape index (κ3) is 5.25. The number of rotatable bonds is 8. The highest BCUT2D eigenvalue weighted by Crippen LogP contribution is 2.29. The number of nitrogens with zero attached hydrogens (tertiary/aromatic N) is 1. The smallest absolute Gasteiger partial charge is 0.387 e. The standard InChI is InChI=1S/C21H19F2N3O3/c1-2-28-18-9-7-15(10-13-6-8-17(20(24)27)25-12-13)26-19(18)14-4-3-5-16(11-14)29-21(22)23/h3-9,11-12,21H,2,10H2,1H3,(H2,24,27)/p+1. The van der Waals surface area contributed by atoms with Crippen LogP contribution in [-0.2, 0) is 6.42 Å². The lowest BCUT2D eigenvalue weighted by molar-refractivity contribution is -0.377. The number of hydrogen-bond acceptors (Lipinski definition) is 4. The van der Waals surface area contributed by atoms with E-state index in [4.69, 9.17) is 10.5 Å². The molecule has 0 unspecified atom stereocenters. The summed E-state index contributed by atoms with van der Waals surface area (Å²) >= 11 is 0. The maximum atomic E-state index is 12.5. The van der Waals surface area contributed by atoms with Crippen LogP contribution in [-0.4, -0.2) is 24.1 Å². The molecule has 0 aliphatic rings. The van der Waals surface area contributed by atoms with Gasteiger partial charge in [-0.3, -0.25) is 9.78 Å². The van der Waals surface area contributed by atoms with Crippen LogP contribution in [0.3, 0.4) is 0 Å². The summed E-state index contributed by atoms with van der Waals surface area (Å²) in [5.74, 6) is 0.0648. The number of alkyl halides is 2. The van der Waals surface area contributed by atoms with Crippen LogP contribution in [0.25, 0.3) is 11.3 Å². The van der Waals surface area contributed by atoms with Crippen LogP contribution in [0.5, 0.6) is 11.5 Å². The fraction of sp³-hybridized carbons (Fsp3) is 0.190. The minimum absolute atomic E-state index is 0.0602. The van der Waals surface area contributed by atoms with Gasteiger partial charge in [-0.2, -0.15) is 8.78 Å². The van der Waals surface area contributed by atoms with Gasteiger partial charge in [-0.15, -0.1) is 0 Å². The van der Waals surface area contributed by atoms with Gasteiger partial charge in [0.15, 0.2) is 11.4 Å². The zero-order valence-corrected chi connectivity index (χ0v) is 15.7. The molecular weight excluding hydrogens is 380 g/mol. The molecule has 6 nitrogen and oxygen atoms in total. The molecule has 0 saturated heterocycles. The van der Waals surface area contributed by atoms with Crippen LogP contribution < -0.4 is 20.2 Å². The largest absolute Gasteiger partial charge is 0.487 e. The lowest BCUT2D eigenvalue weighted by Crippen LogP contribution is -2.17. The van der Waals surface area contributed by atoms with Gasteiger partial charge in [0, 0.05) is 12.3 Å². The first-order valence-electron chi connectivity index (χ1n) is 8.94. The van der Waals surface area contributed by atoms with E-state index in [-0.39, 0.29) is 11.4 Å². The molecule has 1 amide bonds. The van der Waals surface area contributed by atoms with Crippen molar-refractivity contribution >= 4 is 5.91 Å². The van der Waals surface area contributed by atoms with Crippen molar-refractivity contribution in [3.8, 4) is 22.8 Å². The number of carbonyl (C=O) groups is 1. The number of primary amides is 1.